The van der Waals surface area contributed by atoms with E-state index in [2.05, 4.69) is 27.7 Å². The van der Waals surface area contributed by atoms with Crippen molar-refractivity contribution in [3.8, 4) is 0 Å². The maximum atomic E-state index is 5.23. The third-order valence-electron chi connectivity index (χ3n) is 1.41. The summed E-state index contributed by atoms with van der Waals surface area (Å²) in [5, 5.41) is 0. The van der Waals surface area contributed by atoms with Crippen LogP contribution in [-0.4, -0.2) is 38.6 Å². The van der Waals surface area contributed by atoms with Gasteiger partial charge in [0.05, 0.1) is 26.4 Å². The summed E-state index contributed by atoms with van der Waals surface area (Å²) in [6, 6.07) is 0. The van der Waals surface area contributed by atoms with E-state index in [0.29, 0.717) is 17.6 Å². The maximum absolute atomic E-state index is 5.23. The molecule has 2 heterocycles. The second-order valence-electron chi connectivity index (χ2n) is 5.45. The van der Waals surface area contributed by atoms with E-state index >= 15 is 0 Å². The lowest BCUT2D eigenvalue weighted by atomic mass is 10.0. The highest BCUT2D eigenvalue weighted by Crippen LogP contribution is 2.12. The Morgan fingerprint density at radius 2 is 1.29 bits per heavy atom. The standard InChI is InChI=1S/C6H10O3.C5H12/c1(5-3-8-5)7-2-6-4-9-6;1-5(2,3)4/h5-6H,1-4H2;1-4H3. The molecule has 0 N–H and O–H groups in total. The zero-order valence-corrected chi connectivity index (χ0v) is 9.71. The molecule has 2 saturated heterocycles. The van der Waals surface area contributed by atoms with Crippen LogP contribution in [0.2, 0.25) is 0 Å². The van der Waals surface area contributed by atoms with Crippen LogP contribution in [0.4, 0.5) is 0 Å². The van der Waals surface area contributed by atoms with Gasteiger partial charge in [-0.05, 0) is 5.41 Å². The largest absolute Gasteiger partial charge is 0.376 e. The molecule has 3 nitrogen and oxygen atoms in total. The Bertz CT molecular complexity index is 136. The van der Waals surface area contributed by atoms with Gasteiger partial charge in [-0.3, -0.25) is 0 Å². The quantitative estimate of drug-likeness (QED) is 0.652. The number of epoxide rings is 2. The van der Waals surface area contributed by atoms with E-state index in [-0.39, 0.29) is 0 Å². The lowest BCUT2D eigenvalue weighted by Crippen LogP contribution is -2.06. The van der Waals surface area contributed by atoms with E-state index in [1.165, 1.54) is 0 Å². The van der Waals surface area contributed by atoms with Crippen molar-refractivity contribution < 1.29 is 14.2 Å². The van der Waals surface area contributed by atoms with Gasteiger partial charge in [-0.1, -0.05) is 27.7 Å². The summed E-state index contributed by atoms with van der Waals surface area (Å²) in [6.45, 7) is 12.0. The summed E-state index contributed by atoms with van der Waals surface area (Å²) >= 11 is 0. The van der Waals surface area contributed by atoms with E-state index in [9.17, 15) is 0 Å². The van der Waals surface area contributed by atoms with Gasteiger partial charge in [0.1, 0.15) is 12.2 Å². The molecule has 2 unspecified atom stereocenters. The van der Waals surface area contributed by atoms with Crippen molar-refractivity contribution in [2.45, 2.75) is 39.9 Å². The number of hydrogen-bond donors (Lipinski definition) is 0. The van der Waals surface area contributed by atoms with Crippen molar-refractivity contribution in [1.82, 2.24) is 0 Å². The molecule has 0 aromatic rings. The third kappa shape index (κ3) is 9.96. The van der Waals surface area contributed by atoms with Crippen LogP contribution in [-0.2, 0) is 14.2 Å². The molecule has 2 atom stereocenters. The van der Waals surface area contributed by atoms with E-state index in [0.717, 1.165) is 26.4 Å². The molecular formula is C11H22O3. The fraction of sp³-hybridized carbons (Fsp3) is 1.00. The van der Waals surface area contributed by atoms with E-state index in [1.807, 2.05) is 0 Å². The minimum Gasteiger partial charge on any atom is -0.376 e. The molecule has 84 valence electrons. The molecule has 0 saturated carbocycles. The SMILES string of the molecule is C(OCC1CO1)C1CO1.CC(C)(C)C. The molecule has 2 rings (SSSR count). The summed E-state index contributed by atoms with van der Waals surface area (Å²) in [4.78, 5) is 0. The Morgan fingerprint density at radius 1 is 1.00 bits per heavy atom. The number of rotatable bonds is 4. The van der Waals surface area contributed by atoms with Crippen molar-refractivity contribution in [1.29, 1.82) is 0 Å². The molecular weight excluding hydrogens is 180 g/mol. The highest BCUT2D eigenvalue weighted by Gasteiger charge is 2.26. The average Bonchev–Trinajstić information content (AvgIpc) is 2.75. The van der Waals surface area contributed by atoms with E-state index in [4.69, 9.17) is 14.2 Å². The van der Waals surface area contributed by atoms with Crippen LogP contribution in [0.15, 0.2) is 0 Å². The summed E-state index contributed by atoms with van der Waals surface area (Å²) in [5.74, 6) is 0. The molecule has 3 heteroatoms. The normalized spacial score (nSPS) is 29.1. The van der Waals surface area contributed by atoms with Crippen LogP contribution in [0.3, 0.4) is 0 Å². The molecule has 2 aliphatic rings. The van der Waals surface area contributed by atoms with Crippen LogP contribution in [0, 0.1) is 5.41 Å². The molecule has 0 bridgehead atoms. The topological polar surface area (TPSA) is 34.3 Å². The van der Waals surface area contributed by atoms with Gasteiger partial charge in [-0.15, -0.1) is 0 Å². The first-order chi connectivity index (χ1) is 6.45. The van der Waals surface area contributed by atoms with Gasteiger partial charge < -0.3 is 14.2 Å². The Labute approximate surface area is 86.7 Å². The van der Waals surface area contributed by atoms with Gasteiger partial charge in [0.25, 0.3) is 0 Å². The fourth-order valence-electron chi connectivity index (χ4n) is 0.659. The molecule has 2 fully saturated rings. The minimum atomic E-state index is 0.392. The first-order valence-electron chi connectivity index (χ1n) is 5.26. The van der Waals surface area contributed by atoms with Gasteiger partial charge in [0.15, 0.2) is 0 Å². The molecule has 14 heavy (non-hydrogen) atoms. The fourth-order valence-corrected chi connectivity index (χ4v) is 0.659. The van der Waals surface area contributed by atoms with Crippen molar-refractivity contribution in [2.24, 2.45) is 5.41 Å². The molecule has 0 aromatic carbocycles. The minimum absolute atomic E-state index is 0.392. The molecule has 0 radical (unpaired) electrons. The maximum Gasteiger partial charge on any atom is 0.104 e. The van der Waals surface area contributed by atoms with Crippen LogP contribution in [0.5, 0.6) is 0 Å². The Kier molecular flexibility index (Phi) is 4.35. The Balaban J connectivity index is 0.000000171. The smallest absolute Gasteiger partial charge is 0.104 e. The molecule has 0 aromatic heterocycles. The number of hydrogen-bond acceptors (Lipinski definition) is 3. The van der Waals surface area contributed by atoms with Gasteiger partial charge >= 0.3 is 0 Å². The summed E-state index contributed by atoms with van der Waals surface area (Å²) in [5.41, 5.74) is 0.500. The lowest BCUT2D eigenvalue weighted by Gasteiger charge is -2.05. The third-order valence-corrected chi connectivity index (χ3v) is 1.41. The first kappa shape index (κ1) is 12.0. The summed E-state index contributed by atoms with van der Waals surface area (Å²) in [7, 11) is 0. The zero-order chi connectivity index (χ0) is 10.6. The van der Waals surface area contributed by atoms with Gasteiger partial charge in [-0.2, -0.15) is 0 Å². The predicted octanol–water partition coefficient (Wildman–Crippen LogP) is 1.85. The molecule has 0 aliphatic carbocycles. The first-order valence-corrected chi connectivity index (χ1v) is 5.26. The van der Waals surface area contributed by atoms with Crippen LogP contribution in [0.25, 0.3) is 0 Å². The second-order valence-corrected chi connectivity index (χ2v) is 5.45. The Hall–Kier alpha value is -0.120. The Morgan fingerprint density at radius 3 is 1.50 bits per heavy atom. The van der Waals surface area contributed by atoms with Crippen LogP contribution in [0.1, 0.15) is 27.7 Å². The molecule has 2 aliphatic heterocycles. The summed E-state index contributed by atoms with van der Waals surface area (Å²) in [6.07, 6.45) is 0.785. The molecule has 0 amide bonds. The van der Waals surface area contributed by atoms with Crippen LogP contribution < -0.4 is 0 Å². The van der Waals surface area contributed by atoms with Gasteiger partial charge in [0.2, 0.25) is 0 Å². The number of ether oxygens (including phenoxy) is 3. The highest BCUT2D eigenvalue weighted by molar-refractivity contribution is 4.71. The second kappa shape index (κ2) is 5.10. The lowest BCUT2D eigenvalue weighted by molar-refractivity contribution is 0.102. The van der Waals surface area contributed by atoms with Crippen molar-refractivity contribution in [2.75, 3.05) is 26.4 Å². The average molecular weight is 202 g/mol. The van der Waals surface area contributed by atoms with Crippen molar-refractivity contribution in [3.63, 3.8) is 0 Å². The van der Waals surface area contributed by atoms with Crippen molar-refractivity contribution >= 4 is 0 Å². The monoisotopic (exact) mass is 202 g/mol. The van der Waals surface area contributed by atoms with E-state index < -0.39 is 0 Å². The highest BCUT2D eigenvalue weighted by atomic mass is 16.6. The predicted molar refractivity (Wildman–Crippen MR) is 55.4 cm³/mol. The van der Waals surface area contributed by atoms with Crippen LogP contribution >= 0.6 is 0 Å². The molecule has 0 spiro atoms. The van der Waals surface area contributed by atoms with Gasteiger partial charge in [0, 0.05) is 0 Å². The van der Waals surface area contributed by atoms with Gasteiger partial charge in [-0.25, -0.2) is 0 Å². The summed E-state index contributed by atoms with van der Waals surface area (Å²) < 4.78 is 15.1. The van der Waals surface area contributed by atoms with Crippen molar-refractivity contribution in [3.05, 3.63) is 0 Å². The zero-order valence-electron chi connectivity index (χ0n) is 9.71. The van der Waals surface area contributed by atoms with E-state index in [1.54, 1.807) is 0 Å².